The van der Waals surface area contributed by atoms with Crippen LogP contribution in [0, 0.1) is 0 Å². The topological polar surface area (TPSA) is 80.5 Å². The van der Waals surface area contributed by atoms with E-state index in [2.05, 4.69) is 15.5 Å². The van der Waals surface area contributed by atoms with Gasteiger partial charge in [-0.15, -0.1) is 0 Å². The third kappa shape index (κ3) is 4.01. The van der Waals surface area contributed by atoms with Gasteiger partial charge in [-0.2, -0.15) is 4.98 Å². The summed E-state index contributed by atoms with van der Waals surface area (Å²) in [7, 11) is 1.63. The van der Waals surface area contributed by atoms with Gasteiger partial charge in [0.15, 0.2) is 0 Å². The van der Waals surface area contributed by atoms with Crippen LogP contribution in [0.25, 0.3) is 22.2 Å². The lowest BCUT2D eigenvalue weighted by Crippen LogP contribution is -2.41. The monoisotopic (exact) mass is 428 g/mol. The van der Waals surface area contributed by atoms with Gasteiger partial charge in [0.1, 0.15) is 5.75 Å². The summed E-state index contributed by atoms with van der Waals surface area (Å²) in [5.41, 5.74) is 1.65. The molecule has 0 radical (unpaired) electrons. The van der Waals surface area contributed by atoms with Crippen LogP contribution in [0.1, 0.15) is 24.7 Å². The molecule has 7 nitrogen and oxygen atoms in total. The Morgan fingerprint density at radius 3 is 2.88 bits per heavy atom. The molecule has 7 heteroatoms. The number of likely N-dealkylation sites (tertiary alicyclic amines) is 1. The number of carbonyl (C=O) groups excluding carboxylic acids is 1. The summed E-state index contributed by atoms with van der Waals surface area (Å²) in [6.07, 6.45) is 1.78. The quantitative estimate of drug-likeness (QED) is 0.476. The van der Waals surface area contributed by atoms with Crippen molar-refractivity contribution in [3.63, 3.8) is 0 Å². The van der Waals surface area contributed by atoms with Crippen molar-refractivity contribution in [2.24, 2.45) is 0 Å². The zero-order chi connectivity index (χ0) is 21.9. The summed E-state index contributed by atoms with van der Waals surface area (Å²) in [6.45, 7) is 1.24. The van der Waals surface area contributed by atoms with E-state index < -0.39 is 0 Å². The van der Waals surface area contributed by atoms with Gasteiger partial charge in [0.2, 0.25) is 11.7 Å². The van der Waals surface area contributed by atoms with E-state index in [9.17, 15) is 4.79 Å². The minimum atomic E-state index is -0.112. The number of nitrogens with one attached hydrogen (secondary N) is 1. The van der Waals surface area contributed by atoms with E-state index in [0.29, 0.717) is 24.8 Å². The first-order chi connectivity index (χ1) is 15.7. The molecular weight excluding hydrogens is 404 g/mol. The molecular formula is C25H24N4O3. The van der Waals surface area contributed by atoms with Gasteiger partial charge < -0.3 is 19.5 Å². The third-order valence-electron chi connectivity index (χ3n) is 5.86. The highest BCUT2D eigenvalue weighted by atomic mass is 16.5. The Balaban J connectivity index is 1.30. The van der Waals surface area contributed by atoms with Gasteiger partial charge in [-0.25, -0.2) is 4.79 Å². The number of methoxy groups -OCH3 is 1. The Morgan fingerprint density at radius 1 is 1.12 bits per heavy atom. The molecule has 0 aliphatic carbocycles. The largest absolute Gasteiger partial charge is 0.497 e. The number of urea groups is 1. The number of anilines is 1. The SMILES string of the molecule is COc1cccc(-c2noc(C3CCCN(C(=O)Nc4cccc5ccccc45)C3)n2)c1. The van der Waals surface area contributed by atoms with E-state index >= 15 is 0 Å². The van der Waals surface area contributed by atoms with Crippen molar-refractivity contribution < 1.29 is 14.1 Å². The molecule has 1 saturated heterocycles. The smallest absolute Gasteiger partial charge is 0.321 e. The van der Waals surface area contributed by atoms with Crippen LogP contribution in [0.2, 0.25) is 0 Å². The Hall–Kier alpha value is -3.87. The average Bonchev–Trinajstić information content (AvgIpc) is 3.35. The van der Waals surface area contributed by atoms with Crippen molar-refractivity contribution in [1.29, 1.82) is 0 Å². The Bertz CT molecular complexity index is 1250. The average molecular weight is 428 g/mol. The second kappa shape index (κ2) is 8.70. The van der Waals surface area contributed by atoms with Gasteiger partial charge >= 0.3 is 6.03 Å². The second-order valence-corrected chi connectivity index (χ2v) is 7.93. The van der Waals surface area contributed by atoms with Crippen molar-refractivity contribution in [3.05, 3.63) is 72.6 Å². The number of amides is 2. The maximum absolute atomic E-state index is 13.0. The fourth-order valence-electron chi connectivity index (χ4n) is 4.17. The number of nitrogens with zero attached hydrogens (tertiary/aromatic N) is 3. The lowest BCUT2D eigenvalue weighted by atomic mass is 9.98. The van der Waals surface area contributed by atoms with Crippen LogP contribution in [0.4, 0.5) is 10.5 Å². The molecule has 32 heavy (non-hydrogen) atoms. The van der Waals surface area contributed by atoms with E-state index in [-0.39, 0.29) is 11.9 Å². The van der Waals surface area contributed by atoms with E-state index in [1.54, 1.807) is 7.11 Å². The molecule has 4 aromatic rings. The van der Waals surface area contributed by atoms with Gasteiger partial charge in [0, 0.05) is 24.0 Å². The minimum absolute atomic E-state index is 0.00822. The molecule has 1 fully saturated rings. The number of rotatable bonds is 4. The van der Waals surface area contributed by atoms with E-state index in [1.807, 2.05) is 71.6 Å². The summed E-state index contributed by atoms with van der Waals surface area (Å²) < 4.78 is 10.9. The molecule has 1 atom stereocenters. The summed E-state index contributed by atoms with van der Waals surface area (Å²) in [5.74, 6) is 1.83. The number of hydrogen-bond acceptors (Lipinski definition) is 5. The number of carbonyl (C=O) groups is 1. The Morgan fingerprint density at radius 2 is 1.97 bits per heavy atom. The molecule has 1 aromatic heterocycles. The highest BCUT2D eigenvalue weighted by molar-refractivity contribution is 6.01. The van der Waals surface area contributed by atoms with Gasteiger partial charge in [-0.1, -0.05) is 53.7 Å². The first-order valence-electron chi connectivity index (χ1n) is 10.7. The fourth-order valence-corrected chi connectivity index (χ4v) is 4.17. The first-order valence-corrected chi connectivity index (χ1v) is 10.7. The molecule has 3 aromatic carbocycles. The Kier molecular flexibility index (Phi) is 5.46. The van der Waals surface area contributed by atoms with E-state index in [0.717, 1.165) is 40.6 Å². The molecule has 5 rings (SSSR count). The molecule has 1 N–H and O–H groups in total. The number of fused-ring (bicyclic) bond motifs is 1. The van der Waals surface area contributed by atoms with E-state index in [1.165, 1.54) is 0 Å². The zero-order valence-electron chi connectivity index (χ0n) is 17.8. The molecule has 2 heterocycles. The first kappa shape index (κ1) is 20.1. The van der Waals surface area contributed by atoms with Crippen molar-refractivity contribution in [3.8, 4) is 17.1 Å². The molecule has 0 spiro atoms. The highest BCUT2D eigenvalue weighted by Gasteiger charge is 2.29. The van der Waals surface area contributed by atoms with E-state index in [4.69, 9.17) is 9.26 Å². The van der Waals surface area contributed by atoms with Crippen molar-refractivity contribution >= 4 is 22.5 Å². The fraction of sp³-hybridized carbons (Fsp3) is 0.240. The van der Waals surface area contributed by atoms with Crippen LogP contribution in [0.15, 0.2) is 71.3 Å². The lowest BCUT2D eigenvalue weighted by Gasteiger charge is -2.31. The van der Waals surface area contributed by atoms with Gasteiger partial charge in [-0.3, -0.25) is 0 Å². The van der Waals surface area contributed by atoms with Gasteiger partial charge in [0.25, 0.3) is 0 Å². The van der Waals surface area contributed by atoms with Crippen LogP contribution in [-0.4, -0.2) is 41.3 Å². The number of hydrogen-bond donors (Lipinski definition) is 1. The number of aromatic nitrogens is 2. The number of piperidine rings is 1. The summed E-state index contributed by atoms with van der Waals surface area (Å²) in [5, 5.41) is 9.34. The standard InChI is InChI=1S/C25H24N4O3/c1-31-20-11-4-9-18(15-20)23-27-24(32-28-23)19-10-6-14-29(16-19)25(30)26-22-13-5-8-17-7-2-3-12-21(17)22/h2-5,7-9,11-13,15,19H,6,10,14,16H2,1H3,(H,26,30). The third-order valence-corrected chi connectivity index (χ3v) is 5.86. The van der Waals surface area contributed by atoms with Crippen LogP contribution in [0.3, 0.4) is 0 Å². The molecule has 1 unspecified atom stereocenters. The molecule has 2 amide bonds. The van der Waals surface area contributed by atoms with Crippen LogP contribution in [-0.2, 0) is 0 Å². The van der Waals surface area contributed by atoms with Gasteiger partial charge in [0.05, 0.1) is 18.7 Å². The van der Waals surface area contributed by atoms with Gasteiger partial charge in [-0.05, 0) is 36.4 Å². The molecule has 162 valence electrons. The Labute approximate surface area is 186 Å². The summed E-state index contributed by atoms with van der Waals surface area (Å²) in [6, 6.07) is 21.4. The summed E-state index contributed by atoms with van der Waals surface area (Å²) >= 11 is 0. The van der Waals surface area contributed by atoms with Crippen molar-refractivity contribution in [2.45, 2.75) is 18.8 Å². The molecule has 0 saturated carbocycles. The maximum Gasteiger partial charge on any atom is 0.321 e. The predicted molar refractivity (Wildman–Crippen MR) is 123 cm³/mol. The number of ether oxygens (including phenoxy) is 1. The predicted octanol–water partition coefficient (Wildman–Crippen LogP) is 5.31. The molecule has 1 aliphatic heterocycles. The zero-order valence-corrected chi connectivity index (χ0v) is 17.8. The number of benzene rings is 3. The molecule has 0 bridgehead atoms. The van der Waals surface area contributed by atoms with Crippen molar-refractivity contribution in [2.75, 3.05) is 25.5 Å². The highest BCUT2D eigenvalue weighted by Crippen LogP contribution is 2.29. The van der Waals surface area contributed by atoms with Crippen LogP contribution in [0.5, 0.6) is 5.75 Å². The van der Waals surface area contributed by atoms with Crippen LogP contribution < -0.4 is 10.1 Å². The summed E-state index contributed by atoms with van der Waals surface area (Å²) in [4.78, 5) is 19.5. The second-order valence-electron chi connectivity index (χ2n) is 7.93. The van der Waals surface area contributed by atoms with Crippen LogP contribution >= 0.6 is 0 Å². The van der Waals surface area contributed by atoms with Crippen molar-refractivity contribution in [1.82, 2.24) is 15.0 Å². The maximum atomic E-state index is 13.0. The minimum Gasteiger partial charge on any atom is -0.497 e. The lowest BCUT2D eigenvalue weighted by molar-refractivity contribution is 0.184. The normalized spacial score (nSPS) is 16.2. The molecule has 1 aliphatic rings.